The zero-order chi connectivity index (χ0) is 11.1. The van der Waals surface area contributed by atoms with Crippen molar-refractivity contribution in [3.8, 4) is 17.6 Å². The average Bonchev–Trinajstić information content (AvgIpc) is 2.27. The van der Waals surface area contributed by atoms with E-state index < -0.39 is 0 Å². The summed E-state index contributed by atoms with van der Waals surface area (Å²) in [6, 6.07) is 7.48. The molecule has 1 aromatic rings. The maximum atomic E-state index is 8.41. The highest BCUT2D eigenvalue weighted by atomic mass is 16.5. The molecule has 1 aromatic carbocycles. The third-order valence-corrected chi connectivity index (χ3v) is 1.84. The van der Waals surface area contributed by atoms with Crippen LogP contribution in [-0.4, -0.2) is 13.7 Å². The number of methoxy groups -OCH3 is 1. The fraction of sp³-hybridized carbons (Fsp3) is 0.250. The van der Waals surface area contributed by atoms with Crippen LogP contribution in [0.25, 0.3) is 6.08 Å². The van der Waals surface area contributed by atoms with Crippen LogP contribution in [0.1, 0.15) is 12.5 Å². The molecular weight excluding hydrogens is 190 g/mol. The Morgan fingerprint density at radius 3 is 2.80 bits per heavy atom. The Morgan fingerprint density at radius 2 is 2.20 bits per heavy atom. The van der Waals surface area contributed by atoms with Gasteiger partial charge in [-0.1, -0.05) is 6.07 Å². The van der Waals surface area contributed by atoms with Gasteiger partial charge in [0.2, 0.25) is 0 Å². The number of benzene rings is 1. The molecule has 0 saturated carbocycles. The van der Waals surface area contributed by atoms with Crippen LogP contribution < -0.4 is 9.47 Å². The number of nitriles is 1. The quantitative estimate of drug-likeness (QED) is 0.706. The minimum absolute atomic E-state index is 0.585. The molecule has 0 N–H and O–H groups in total. The van der Waals surface area contributed by atoms with Gasteiger partial charge >= 0.3 is 0 Å². The summed E-state index contributed by atoms with van der Waals surface area (Å²) in [6.07, 6.45) is 3.15. The lowest BCUT2D eigenvalue weighted by Crippen LogP contribution is -1.95. The highest BCUT2D eigenvalue weighted by Gasteiger charge is 2.03. The summed E-state index contributed by atoms with van der Waals surface area (Å²) < 4.78 is 10.5. The zero-order valence-corrected chi connectivity index (χ0v) is 8.86. The van der Waals surface area contributed by atoms with Crippen LogP contribution >= 0.6 is 0 Å². The van der Waals surface area contributed by atoms with Crippen LogP contribution in [0.2, 0.25) is 0 Å². The Hall–Kier alpha value is -1.95. The second-order valence-electron chi connectivity index (χ2n) is 2.81. The fourth-order valence-corrected chi connectivity index (χ4v) is 1.20. The second-order valence-corrected chi connectivity index (χ2v) is 2.81. The molecule has 0 aromatic heterocycles. The van der Waals surface area contributed by atoms with E-state index in [1.165, 1.54) is 6.08 Å². The van der Waals surface area contributed by atoms with Gasteiger partial charge in [-0.25, -0.2) is 0 Å². The van der Waals surface area contributed by atoms with Crippen LogP contribution in [0.5, 0.6) is 11.5 Å². The minimum Gasteiger partial charge on any atom is -0.493 e. The molecule has 78 valence electrons. The Balaban J connectivity index is 2.99. The van der Waals surface area contributed by atoms with Crippen molar-refractivity contribution < 1.29 is 9.47 Å². The van der Waals surface area contributed by atoms with Crippen molar-refractivity contribution in [3.05, 3.63) is 29.8 Å². The summed E-state index contributed by atoms with van der Waals surface area (Å²) >= 11 is 0. The number of nitrogens with zero attached hydrogens (tertiary/aromatic N) is 1. The van der Waals surface area contributed by atoms with Gasteiger partial charge < -0.3 is 9.47 Å². The lowest BCUT2D eigenvalue weighted by atomic mass is 10.2. The van der Waals surface area contributed by atoms with Gasteiger partial charge in [-0.2, -0.15) is 5.26 Å². The van der Waals surface area contributed by atoms with Crippen molar-refractivity contribution in [1.82, 2.24) is 0 Å². The van der Waals surface area contributed by atoms with Crippen molar-refractivity contribution in [2.75, 3.05) is 13.7 Å². The van der Waals surface area contributed by atoms with Crippen molar-refractivity contribution in [2.45, 2.75) is 6.92 Å². The third kappa shape index (κ3) is 3.03. The molecule has 15 heavy (non-hydrogen) atoms. The van der Waals surface area contributed by atoms with Crippen LogP contribution in [-0.2, 0) is 0 Å². The molecule has 0 aliphatic carbocycles. The normalized spacial score (nSPS) is 9.93. The Labute approximate surface area is 89.6 Å². The van der Waals surface area contributed by atoms with Crippen molar-refractivity contribution >= 4 is 6.08 Å². The number of ether oxygens (including phenoxy) is 2. The summed E-state index contributed by atoms with van der Waals surface area (Å²) in [5.74, 6) is 1.39. The highest BCUT2D eigenvalue weighted by molar-refractivity contribution is 5.57. The molecule has 0 fully saturated rings. The molecule has 0 bridgehead atoms. The van der Waals surface area contributed by atoms with E-state index in [1.54, 1.807) is 13.2 Å². The molecule has 0 aliphatic heterocycles. The number of hydrogen-bond acceptors (Lipinski definition) is 3. The van der Waals surface area contributed by atoms with Crippen LogP contribution in [0, 0.1) is 11.3 Å². The Bertz CT molecular complexity index is 391. The van der Waals surface area contributed by atoms with Crippen molar-refractivity contribution in [1.29, 1.82) is 5.26 Å². The molecule has 0 atom stereocenters. The Morgan fingerprint density at radius 1 is 1.40 bits per heavy atom. The van der Waals surface area contributed by atoms with Gasteiger partial charge in [-0.3, -0.25) is 0 Å². The molecule has 0 saturated heterocycles. The fourth-order valence-electron chi connectivity index (χ4n) is 1.20. The standard InChI is InChI=1S/C12H13NO2/c1-3-15-12-9-10(5-4-8-13)6-7-11(12)14-2/h4-7,9H,3H2,1-2H3/b5-4-. The summed E-state index contributed by atoms with van der Waals surface area (Å²) in [5, 5.41) is 8.41. The predicted molar refractivity (Wildman–Crippen MR) is 58.8 cm³/mol. The second kappa shape index (κ2) is 5.71. The maximum Gasteiger partial charge on any atom is 0.161 e. The first-order chi connectivity index (χ1) is 7.31. The molecular formula is C12H13NO2. The van der Waals surface area contributed by atoms with Gasteiger partial charge in [-0.05, 0) is 30.7 Å². The molecule has 0 radical (unpaired) electrons. The van der Waals surface area contributed by atoms with E-state index in [0.29, 0.717) is 18.1 Å². The molecule has 1 rings (SSSR count). The number of hydrogen-bond donors (Lipinski definition) is 0. The lowest BCUT2D eigenvalue weighted by Gasteiger charge is -2.09. The summed E-state index contributed by atoms with van der Waals surface area (Å²) in [5.41, 5.74) is 0.917. The molecule has 0 amide bonds. The first kappa shape index (κ1) is 11.1. The van der Waals surface area contributed by atoms with E-state index in [-0.39, 0.29) is 0 Å². The topological polar surface area (TPSA) is 42.2 Å². The van der Waals surface area contributed by atoms with Gasteiger partial charge in [0, 0.05) is 6.08 Å². The van der Waals surface area contributed by atoms with Gasteiger partial charge in [0.15, 0.2) is 11.5 Å². The first-order valence-electron chi connectivity index (χ1n) is 4.68. The summed E-state index contributed by atoms with van der Waals surface area (Å²) in [6.45, 7) is 2.50. The summed E-state index contributed by atoms with van der Waals surface area (Å²) in [4.78, 5) is 0. The third-order valence-electron chi connectivity index (χ3n) is 1.84. The van der Waals surface area contributed by atoms with Crippen LogP contribution in [0.3, 0.4) is 0 Å². The number of allylic oxidation sites excluding steroid dienone is 1. The van der Waals surface area contributed by atoms with E-state index in [0.717, 1.165) is 5.56 Å². The van der Waals surface area contributed by atoms with E-state index in [2.05, 4.69) is 0 Å². The van der Waals surface area contributed by atoms with E-state index in [1.807, 2.05) is 31.2 Å². The van der Waals surface area contributed by atoms with Gasteiger partial charge in [-0.15, -0.1) is 0 Å². The zero-order valence-electron chi connectivity index (χ0n) is 8.86. The molecule has 0 spiro atoms. The van der Waals surface area contributed by atoms with Crippen LogP contribution in [0.4, 0.5) is 0 Å². The molecule has 0 unspecified atom stereocenters. The van der Waals surface area contributed by atoms with E-state index in [4.69, 9.17) is 14.7 Å². The number of rotatable bonds is 4. The highest BCUT2D eigenvalue weighted by Crippen LogP contribution is 2.28. The maximum absolute atomic E-state index is 8.41. The van der Waals surface area contributed by atoms with E-state index >= 15 is 0 Å². The molecule has 3 nitrogen and oxygen atoms in total. The summed E-state index contributed by atoms with van der Waals surface area (Å²) in [7, 11) is 1.60. The van der Waals surface area contributed by atoms with Crippen molar-refractivity contribution in [3.63, 3.8) is 0 Å². The van der Waals surface area contributed by atoms with Crippen molar-refractivity contribution in [2.24, 2.45) is 0 Å². The SMILES string of the molecule is CCOc1cc(/C=C\C#N)ccc1OC. The van der Waals surface area contributed by atoms with Gasteiger partial charge in [0.25, 0.3) is 0 Å². The smallest absolute Gasteiger partial charge is 0.161 e. The van der Waals surface area contributed by atoms with E-state index in [9.17, 15) is 0 Å². The largest absolute Gasteiger partial charge is 0.493 e. The van der Waals surface area contributed by atoms with Gasteiger partial charge in [0.1, 0.15) is 0 Å². The first-order valence-corrected chi connectivity index (χ1v) is 4.68. The monoisotopic (exact) mass is 203 g/mol. The lowest BCUT2D eigenvalue weighted by molar-refractivity contribution is 0.311. The molecule has 0 aliphatic rings. The Kier molecular flexibility index (Phi) is 4.24. The van der Waals surface area contributed by atoms with Crippen LogP contribution in [0.15, 0.2) is 24.3 Å². The minimum atomic E-state index is 0.585. The predicted octanol–water partition coefficient (Wildman–Crippen LogP) is 2.63. The average molecular weight is 203 g/mol. The molecule has 0 heterocycles. The molecule has 3 heteroatoms. The van der Waals surface area contributed by atoms with Gasteiger partial charge in [0.05, 0.1) is 19.8 Å².